The summed E-state index contributed by atoms with van der Waals surface area (Å²) < 4.78 is 16.2. The van der Waals surface area contributed by atoms with Gasteiger partial charge in [-0.2, -0.15) is 0 Å². The highest BCUT2D eigenvalue weighted by molar-refractivity contribution is 5.91. The molecule has 7 nitrogen and oxygen atoms in total. The van der Waals surface area contributed by atoms with Gasteiger partial charge in [0.1, 0.15) is 11.5 Å². The maximum Gasteiger partial charge on any atom is 0.319 e. The molecule has 0 aliphatic carbocycles. The van der Waals surface area contributed by atoms with Gasteiger partial charge in [-0.25, -0.2) is 4.79 Å². The zero-order valence-electron chi connectivity index (χ0n) is 14.4. The van der Waals surface area contributed by atoms with E-state index in [1.54, 1.807) is 32.4 Å². The van der Waals surface area contributed by atoms with E-state index < -0.39 is 0 Å². The number of amides is 2. The molecule has 132 valence electrons. The van der Waals surface area contributed by atoms with Crippen molar-refractivity contribution in [2.45, 2.75) is 31.5 Å². The highest BCUT2D eigenvalue weighted by Crippen LogP contribution is 2.29. The van der Waals surface area contributed by atoms with Gasteiger partial charge in [-0.1, -0.05) is 0 Å². The van der Waals surface area contributed by atoms with Crippen molar-refractivity contribution in [3.05, 3.63) is 18.2 Å². The molecule has 0 saturated carbocycles. The molecule has 3 atom stereocenters. The Morgan fingerprint density at radius 3 is 2.88 bits per heavy atom. The minimum absolute atomic E-state index is 0.125. The van der Waals surface area contributed by atoms with Gasteiger partial charge in [-0.15, -0.1) is 0 Å². The molecule has 2 saturated heterocycles. The highest BCUT2D eigenvalue weighted by atomic mass is 16.5. The Morgan fingerprint density at radius 1 is 1.29 bits per heavy atom. The quantitative estimate of drug-likeness (QED) is 0.876. The number of rotatable bonds is 4. The van der Waals surface area contributed by atoms with E-state index in [0.29, 0.717) is 23.2 Å². The normalized spacial score (nSPS) is 26.5. The second-order valence-corrected chi connectivity index (χ2v) is 6.35. The number of hydrogen-bond donors (Lipinski definition) is 2. The topological polar surface area (TPSA) is 72.1 Å². The predicted molar refractivity (Wildman–Crippen MR) is 90.9 cm³/mol. The standard InChI is InChI=1S/C17H25N3O4/c1-11-8-20-9-12(6-13(20)10-24-11)18-17(21)19-15-7-14(22-2)4-5-16(15)23-3/h4-5,7,11-13H,6,8-10H2,1-3H3,(H2,18,19,21)/t11-,12-,13-/m0/s1. The molecule has 0 unspecified atom stereocenters. The molecule has 2 heterocycles. The van der Waals surface area contributed by atoms with E-state index >= 15 is 0 Å². The van der Waals surface area contributed by atoms with Gasteiger partial charge >= 0.3 is 6.03 Å². The van der Waals surface area contributed by atoms with Crippen LogP contribution in [0.3, 0.4) is 0 Å². The summed E-state index contributed by atoms with van der Waals surface area (Å²) in [6.45, 7) is 4.61. The third-order valence-electron chi connectivity index (χ3n) is 4.58. The Balaban J connectivity index is 1.58. The summed E-state index contributed by atoms with van der Waals surface area (Å²) in [5.74, 6) is 1.26. The van der Waals surface area contributed by atoms with Crippen molar-refractivity contribution in [3.63, 3.8) is 0 Å². The Hall–Kier alpha value is -1.99. The second-order valence-electron chi connectivity index (χ2n) is 6.35. The van der Waals surface area contributed by atoms with Crippen LogP contribution in [0.1, 0.15) is 13.3 Å². The lowest BCUT2D eigenvalue weighted by Gasteiger charge is -2.33. The first kappa shape index (κ1) is 16.9. The lowest BCUT2D eigenvalue weighted by Crippen LogP contribution is -2.45. The first-order chi connectivity index (χ1) is 11.6. The number of ether oxygens (including phenoxy) is 3. The third kappa shape index (κ3) is 3.73. The summed E-state index contributed by atoms with van der Waals surface area (Å²) in [4.78, 5) is 14.7. The minimum Gasteiger partial charge on any atom is -0.497 e. The van der Waals surface area contributed by atoms with Gasteiger partial charge < -0.3 is 24.8 Å². The van der Waals surface area contributed by atoms with Gasteiger partial charge in [0.25, 0.3) is 0 Å². The Bertz CT molecular complexity index is 595. The van der Waals surface area contributed by atoms with Gasteiger partial charge in [0.15, 0.2) is 0 Å². The van der Waals surface area contributed by atoms with Gasteiger partial charge in [0.2, 0.25) is 0 Å². The zero-order chi connectivity index (χ0) is 17.1. The third-order valence-corrected chi connectivity index (χ3v) is 4.58. The average molecular weight is 335 g/mol. The van der Waals surface area contributed by atoms with Gasteiger partial charge in [-0.3, -0.25) is 4.90 Å². The number of methoxy groups -OCH3 is 2. The van der Waals surface area contributed by atoms with Crippen molar-refractivity contribution < 1.29 is 19.0 Å². The molecule has 2 aliphatic rings. The average Bonchev–Trinajstić information content (AvgIpc) is 2.95. The summed E-state index contributed by atoms with van der Waals surface area (Å²) in [6.07, 6.45) is 1.17. The summed E-state index contributed by atoms with van der Waals surface area (Å²) in [5.41, 5.74) is 0.585. The van der Waals surface area contributed by atoms with Crippen molar-refractivity contribution in [2.75, 3.05) is 39.2 Å². The molecule has 2 aliphatic heterocycles. The zero-order valence-corrected chi connectivity index (χ0v) is 14.4. The molecule has 2 N–H and O–H groups in total. The summed E-state index contributed by atoms with van der Waals surface area (Å²) in [5, 5.41) is 5.89. The van der Waals surface area contributed by atoms with E-state index in [1.165, 1.54) is 0 Å². The fourth-order valence-electron chi connectivity index (χ4n) is 3.40. The molecule has 7 heteroatoms. The van der Waals surface area contributed by atoms with Gasteiger partial charge in [-0.05, 0) is 25.5 Å². The fourth-order valence-corrected chi connectivity index (χ4v) is 3.40. The first-order valence-electron chi connectivity index (χ1n) is 8.24. The van der Waals surface area contributed by atoms with Crippen LogP contribution < -0.4 is 20.1 Å². The summed E-state index contributed by atoms with van der Waals surface area (Å²) in [6, 6.07) is 5.59. The van der Waals surface area contributed by atoms with Crippen molar-refractivity contribution >= 4 is 11.7 Å². The molecule has 2 fully saturated rings. The summed E-state index contributed by atoms with van der Waals surface area (Å²) in [7, 11) is 3.16. The smallest absolute Gasteiger partial charge is 0.319 e. The molecule has 2 amide bonds. The predicted octanol–water partition coefficient (Wildman–Crippen LogP) is 1.69. The fraction of sp³-hybridized carbons (Fsp3) is 0.588. The van der Waals surface area contributed by atoms with Gasteiger partial charge in [0.05, 0.1) is 32.6 Å². The Kier molecular flexibility index (Phi) is 5.11. The molecule has 3 rings (SSSR count). The molecule has 1 aromatic carbocycles. The van der Waals surface area contributed by atoms with Crippen molar-refractivity contribution in [2.24, 2.45) is 0 Å². The van der Waals surface area contributed by atoms with E-state index in [0.717, 1.165) is 26.1 Å². The van der Waals surface area contributed by atoms with Crippen LogP contribution in [0.15, 0.2) is 18.2 Å². The molecule has 0 radical (unpaired) electrons. The number of nitrogens with one attached hydrogen (secondary N) is 2. The lowest BCUT2D eigenvalue weighted by atomic mass is 10.1. The lowest BCUT2D eigenvalue weighted by molar-refractivity contribution is -0.0390. The molecule has 24 heavy (non-hydrogen) atoms. The Morgan fingerprint density at radius 2 is 2.12 bits per heavy atom. The maximum atomic E-state index is 12.3. The molecule has 0 bridgehead atoms. The molecule has 0 spiro atoms. The molecular formula is C17H25N3O4. The van der Waals surface area contributed by atoms with E-state index in [9.17, 15) is 4.79 Å². The van der Waals surface area contributed by atoms with Crippen molar-refractivity contribution in [1.82, 2.24) is 10.2 Å². The largest absolute Gasteiger partial charge is 0.497 e. The number of carbonyl (C=O) groups is 1. The van der Waals surface area contributed by atoms with Crippen LogP contribution in [-0.4, -0.2) is 63.0 Å². The van der Waals surface area contributed by atoms with E-state index in [-0.39, 0.29) is 18.2 Å². The minimum atomic E-state index is -0.236. The first-order valence-corrected chi connectivity index (χ1v) is 8.24. The van der Waals surface area contributed by atoms with E-state index in [2.05, 4.69) is 22.5 Å². The maximum absolute atomic E-state index is 12.3. The summed E-state index contributed by atoms with van der Waals surface area (Å²) >= 11 is 0. The monoisotopic (exact) mass is 335 g/mol. The number of fused-ring (bicyclic) bond motifs is 1. The number of anilines is 1. The Labute approximate surface area is 142 Å². The molecular weight excluding hydrogens is 310 g/mol. The number of morpholine rings is 1. The van der Waals surface area contributed by atoms with Crippen LogP contribution >= 0.6 is 0 Å². The number of hydrogen-bond acceptors (Lipinski definition) is 5. The van der Waals surface area contributed by atoms with Crippen molar-refractivity contribution in [1.29, 1.82) is 0 Å². The van der Waals surface area contributed by atoms with Crippen LogP contribution in [0.5, 0.6) is 11.5 Å². The van der Waals surface area contributed by atoms with Crippen LogP contribution in [0, 0.1) is 0 Å². The van der Waals surface area contributed by atoms with Crippen LogP contribution in [-0.2, 0) is 4.74 Å². The van der Waals surface area contributed by atoms with Crippen molar-refractivity contribution in [3.8, 4) is 11.5 Å². The highest BCUT2D eigenvalue weighted by Gasteiger charge is 2.36. The van der Waals surface area contributed by atoms with Crippen LogP contribution in [0.4, 0.5) is 10.5 Å². The number of nitrogens with zero attached hydrogens (tertiary/aromatic N) is 1. The number of carbonyl (C=O) groups excluding carboxylic acids is 1. The van der Waals surface area contributed by atoms with Crippen LogP contribution in [0.25, 0.3) is 0 Å². The van der Waals surface area contributed by atoms with E-state index in [4.69, 9.17) is 14.2 Å². The number of urea groups is 1. The molecule has 1 aromatic rings. The molecule has 0 aromatic heterocycles. The number of benzene rings is 1. The SMILES string of the molecule is COc1ccc(OC)c(NC(=O)N[C@H]2C[C@H]3CO[C@@H](C)CN3C2)c1. The van der Waals surface area contributed by atoms with Crippen LogP contribution in [0.2, 0.25) is 0 Å². The van der Waals surface area contributed by atoms with Gasteiger partial charge in [0, 0.05) is 31.2 Å². The second kappa shape index (κ2) is 7.27. The van der Waals surface area contributed by atoms with E-state index in [1.807, 2.05) is 0 Å².